The van der Waals surface area contributed by atoms with E-state index < -0.39 is 11.7 Å². The lowest BCUT2D eigenvalue weighted by atomic mass is 10.2. The third-order valence-corrected chi connectivity index (χ3v) is 3.86. The van der Waals surface area contributed by atoms with E-state index in [4.69, 9.17) is 11.6 Å². The molecule has 1 fully saturated rings. The maximum Gasteiger partial charge on any atom is 0.417 e. The molecule has 0 radical (unpaired) electrons. The number of carbonyl (C=O) groups excluding carboxylic acids is 1. The number of halogens is 4. The predicted molar refractivity (Wildman–Crippen MR) is 87.0 cm³/mol. The van der Waals surface area contributed by atoms with E-state index in [1.165, 1.54) is 6.08 Å². The second-order valence-electron chi connectivity index (χ2n) is 5.22. The lowest BCUT2D eigenvalue weighted by molar-refractivity contribution is -0.137. The molecule has 0 aliphatic carbocycles. The van der Waals surface area contributed by atoms with Crippen LogP contribution in [0, 0.1) is 0 Å². The number of aromatic nitrogens is 1. The molecule has 0 saturated carbocycles. The van der Waals surface area contributed by atoms with Crippen LogP contribution in [0.3, 0.4) is 0 Å². The molecular formula is C16H17ClF3N3O. The Hall–Kier alpha value is -2.02. The van der Waals surface area contributed by atoms with Crippen molar-refractivity contribution >= 4 is 23.3 Å². The van der Waals surface area contributed by atoms with Crippen LogP contribution in [0.1, 0.15) is 12.5 Å². The van der Waals surface area contributed by atoms with Crippen molar-refractivity contribution in [2.45, 2.75) is 13.1 Å². The lowest BCUT2D eigenvalue weighted by Crippen LogP contribution is -2.48. The summed E-state index contributed by atoms with van der Waals surface area (Å²) >= 11 is 5.95. The molecule has 2 heterocycles. The zero-order chi connectivity index (χ0) is 17.7. The van der Waals surface area contributed by atoms with Gasteiger partial charge in [-0.15, -0.1) is 0 Å². The highest BCUT2D eigenvalue weighted by molar-refractivity contribution is 6.33. The number of pyridine rings is 1. The van der Waals surface area contributed by atoms with E-state index >= 15 is 0 Å². The molecular weight excluding hydrogens is 343 g/mol. The first-order valence-corrected chi connectivity index (χ1v) is 7.76. The Morgan fingerprint density at radius 1 is 1.25 bits per heavy atom. The SMILES string of the molecule is C/C=C/C=C/C(=O)N1CCN(c2ncc(C(F)(F)F)cc2Cl)CC1. The van der Waals surface area contributed by atoms with Crippen LogP contribution in [0.5, 0.6) is 0 Å². The van der Waals surface area contributed by atoms with E-state index in [1.807, 2.05) is 13.0 Å². The monoisotopic (exact) mass is 359 g/mol. The van der Waals surface area contributed by atoms with Crippen LogP contribution < -0.4 is 4.90 Å². The molecule has 130 valence electrons. The number of nitrogens with zero attached hydrogens (tertiary/aromatic N) is 3. The van der Waals surface area contributed by atoms with Gasteiger partial charge in [0, 0.05) is 38.5 Å². The summed E-state index contributed by atoms with van der Waals surface area (Å²) in [6.45, 7) is 3.69. The normalized spacial score (nSPS) is 16.4. The Bertz CT molecular complexity index is 650. The second kappa shape index (κ2) is 7.70. The van der Waals surface area contributed by atoms with Crippen molar-refractivity contribution in [3.8, 4) is 0 Å². The number of hydrogen-bond donors (Lipinski definition) is 0. The van der Waals surface area contributed by atoms with Gasteiger partial charge in [0.05, 0.1) is 10.6 Å². The quantitative estimate of drug-likeness (QED) is 0.612. The Balaban J connectivity index is 2.01. The van der Waals surface area contributed by atoms with Gasteiger partial charge in [-0.1, -0.05) is 29.8 Å². The van der Waals surface area contributed by atoms with Crippen LogP contribution in [0.15, 0.2) is 36.6 Å². The number of amides is 1. The molecule has 1 amide bonds. The third-order valence-electron chi connectivity index (χ3n) is 3.58. The van der Waals surface area contributed by atoms with Gasteiger partial charge in [0.2, 0.25) is 5.91 Å². The van der Waals surface area contributed by atoms with Crippen molar-refractivity contribution in [3.63, 3.8) is 0 Å². The van der Waals surface area contributed by atoms with Gasteiger partial charge in [-0.2, -0.15) is 13.2 Å². The summed E-state index contributed by atoms with van der Waals surface area (Å²) < 4.78 is 37.9. The zero-order valence-electron chi connectivity index (χ0n) is 13.1. The van der Waals surface area contributed by atoms with E-state index in [0.29, 0.717) is 32.0 Å². The lowest BCUT2D eigenvalue weighted by Gasteiger charge is -2.35. The first kappa shape index (κ1) is 18.3. The summed E-state index contributed by atoms with van der Waals surface area (Å²) in [7, 11) is 0. The standard InChI is InChI=1S/C16H17ClF3N3O/c1-2-3-4-5-14(24)22-6-8-23(9-7-22)15-13(17)10-12(11-21-15)16(18,19)20/h2-5,10-11H,6-9H2,1H3/b3-2+,5-4+. The highest BCUT2D eigenvalue weighted by atomic mass is 35.5. The van der Waals surface area contributed by atoms with Gasteiger partial charge in [-0.25, -0.2) is 4.98 Å². The molecule has 4 nitrogen and oxygen atoms in total. The fraction of sp³-hybridized carbons (Fsp3) is 0.375. The first-order chi connectivity index (χ1) is 11.3. The molecule has 2 rings (SSSR count). The third kappa shape index (κ3) is 4.50. The van der Waals surface area contributed by atoms with Crippen molar-refractivity contribution in [1.82, 2.24) is 9.88 Å². The van der Waals surface area contributed by atoms with Crippen molar-refractivity contribution in [3.05, 3.63) is 47.2 Å². The van der Waals surface area contributed by atoms with Gasteiger partial charge in [-0.3, -0.25) is 4.79 Å². The van der Waals surface area contributed by atoms with Crippen LogP contribution in [-0.2, 0) is 11.0 Å². The number of piperazine rings is 1. The van der Waals surface area contributed by atoms with Crippen LogP contribution >= 0.6 is 11.6 Å². The van der Waals surface area contributed by atoms with E-state index in [1.54, 1.807) is 22.0 Å². The molecule has 0 unspecified atom stereocenters. The summed E-state index contributed by atoms with van der Waals surface area (Å²) in [6.07, 6.45) is 3.04. The Labute approximate surface area is 143 Å². The second-order valence-corrected chi connectivity index (χ2v) is 5.63. The molecule has 1 aliphatic heterocycles. The predicted octanol–water partition coefficient (Wildman–Crippen LogP) is 3.53. The first-order valence-electron chi connectivity index (χ1n) is 7.39. The molecule has 1 saturated heterocycles. The van der Waals surface area contributed by atoms with E-state index in [0.717, 1.165) is 12.3 Å². The van der Waals surface area contributed by atoms with Crippen LogP contribution in [0.4, 0.5) is 19.0 Å². The van der Waals surface area contributed by atoms with Gasteiger partial charge >= 0.3 is 6.18 Å². The largest absolute Gasteiger partial charge is 0.417 e. The number of hydrogen-bond acceptors (Lipinski definition) is 3. The molecule has 24 heavy (non-hydrogen) atoms. The smallest absolute Gasteiger partial charge is 0.352 e. The molecule has 0 N–H and O–H groups in total. The summed E-state index contributed by atoms with van der Waals surface area (Å²) in [5, 5.41) is -0.0439. The minimum absolute atomic E-state index is 0.0439. The maximum absolute atomic E-state index is 12.6. The topological polar surface area (TPSA) is 36.4 Å². The van der Waals surface area contributed by atoms with Crippen molar-refractivity contribution in [1.29, 1.82) is 0 Å². The fourth-order valence-corrected chi connectivity index (χ4v) is 2.60. The number of rotatable bonds is 3. The number of alkyl halides is 3. The highest BCUT2D eigenvalue weighted by Crippen LogP contribution is 2.33. The van der Waals surface area contributed by atoms with Crippen molar-refractivity contribution in [2.75, 3.05) is 31.1 Å². The van der Waals surface area contributed by atoms with Crippen LogP contribution in [0.25, 0.3) is 0 Å². The van der Waals surface area contributed by atoms with E-state index in [2.05, 4.69) is 4.98 Å². The minimum Gasteiger partial charge on any atom is -0.352 e. The van der Waals surface area contributed by atoms with Crippen LogP contribution in [0.2, 0.25) is 5.02 Å². The average Bonchev–Trinajstić information content (AvgIpc) is 2.54. The number of anilines is 1. The Morgan fingerprint density at radius 2 is 1.92 bits per heavy atom. The minimum atomic E-state index is -4.47. The van der Waals surface area contributed by atoms with Crippen LogP contribution in [-0.4, -0.2) is 42.0 Å². The molecule has 0 aromatic carbocycles. The van der Waals surface area contributed by atoms with Crippen molar-refractivity contribution in [2.24, 2.45) is 0 Å². The Morgan fingerprint density at radius 3 is 2.46 bits per heavy atom. The van der Waals surface area contributed by atoms with E-state index in [-0.39, 0.29) is 10.9 Å². The van der Waals surface area contributed by atoms with Gasteiger partial charge < -0.3 is 9.80 Å². The molecule has 1 aliphatic rings. The molecule has 1 aromatic rings. The zero-order valence-corrected chi connectivity index (χ0v) is 13.8. The van der Waals surface area contributed by atoms with Gasteiger partial charge in [-0.05, 0) is 13.0 Å². The summed E-state index contributed by atoms with van der Waals surface area (Å²) in [4.78, 5) is 19.3. The summed E-state index contributed by atoms with van der Waals surface area (Å²) in [6, 6.07) is 0.876. The summed E-state index contributed by atoms with van der Waals surface area (Å²) in [5.41, 5.74) is -0.876. The van der Waals surface area contributed by atoms with Gasteiger partial charge in [0.15, 0.2) is 0 Å². The van der Waals surface area contributed by atoms with Crippen molar-refractivity contribution < 1.29 is 18.0 Å². The average molecular weight is 360 g/mol. The molecule has 8 heteroatoms. The Kier molecular flexibility index (Phi) is 5.88. The summed E-state index contributed by atoms with van der Waals surface area (Å²) in [5.74, 6) is 0.209. The maximum atomic E-state index is 12.6. The molecule has 0 spiro atoms. The van der Waals surface area contributed by atoms with Gasteiger partial charge in [0.25, 0.3) is 0 Å². The molecule has 0 bridgehead atoms. The number of allylic oxidation sites excluding steroid dienone is 3. The number of carbonyl (C=O) groups is 1. The van der Waals surface area contributed by atoms with Gasteiger partial charge in [0.1, 0.15) is 5.82 Å². The van der Waals surface area contributed by atoms with E-state index in [9.17, 15) is 18.0 Å². The molecule has 1 aromatic heterocycles. The fourth-order valence-electron chi connectivity index (χ4n) is 2.31. The molecule has 0 atom stereocenters. The highest BCUT2D eigenvalue weighted by Gasteiger charge is 2.32.